The summed E-state index contributed by atoms with van der Waals surface area (Å²) in [5, 5.41) is 0. The standard InChI is InChI=1S/C18H16.C11H15N3OS/c1-3-7-15-13(5-1)9-11-18-16-8-4-2-6-14(16)10-12-17(15)18;1-3-7-15-11-10(12-16-13-11)9-5-4-6-14(2)8-9/h1,3-5,7-8,10,12H,2,6,9,11H2;4-6H,3,7-8H2,1-2H3. The van der Waals surface area contributed by atoms with Crippen molar-refractivity contribution < 1.29 is 4.74 Å². The van der Waals surface area contributed by atoms with E-state index in [0.717, 1.165) is 24.2 Å². The van der Waals surface area contributed by atoms with Crippen LogP contribution in [0.1, 0.15) is 47.7 Å². The zero-order valence-corrected chi connectivity index (χ0v) is 20.8. The second-order valence-corrected chi connectivity index (χ2v) is 9.51. The molecule has 34 heavy (non-hydrogen) atoms. The average Bonchev–Trinajstić information content (AvgIpc) is 3.36. The summed E-state index contributed by atoms with van der Waals surface area (Å²) in [6.45, 7) is 3.62. The van der Waals surface area contributed by atoms with Gasteiger partial charge in [0.15, 0.2) is 0 Å². The predicted octanol–water partition coefficient (Wildman–Crippen LogP) is 6.58. The van der Waals surface area contributed by atoms with Crippen LogP contribution in [0.4, 0.5) is 0 Å². The fraction of sp³-hybridized carbons (Fsp3) is 0.310. The van der Waals surface area contributed by atoms with Crippen LogP contribution < -0.4 is 4.74 Å². The van der Waals surface area contributed by atoms with Gasteiger partial charge in [0.1, 0.15) is 5.69 Å². The summed E-state index contributed by atoms with van der Waals surface area (Å²) in [6.07, 6.45) is 16.5. The number of nitrogens with zero attached hydrogens (tertiary/aromatic N) is 3. The van der Waals surface area contributed by atoms with Crippen LogP contribution in [-0.4, -0.2) is 33.8 Å². The van der Waals surface area contributed by atoms with Crippen LogP contribution in [0, 0.1) is 0 Å². The van der Waals surface area contributed by atoms with Gasteiger partial charge >= 0.3 is 0 Å². The molecular formula is C29H31N3OS. The topological polar surface area (TPSA) is 38.3 Å². The highest BCUT2D eigenvalue weighted by Crippen LogP contribution is 2.38. The highest BCUT2D eigenvalue weighted by atomic mass is 32.1. The number of fused-ring (bicyclic) bond motifs is 5. The fourth-order valence-corrected chi connectivity index (χ4v) is 5.40. The zero-order chi connectivity index (χ0) is 23.3. The summed E-state index contributed by atoms with van der Waals surface area (Å²) in [5.74, 6) is 0.668. The quantitative estimate of drug-likeness (QED) is 0.432. The third kappa shape index (κ3) is 4.71. The van der Waals surface area contributed by atoms with Crippen LogP contribution in [0.2, 0.25) is 0 Å². The molecule has 2 aromatic carbocycles. The fourth-order valence-electron chi connectivity index (χ4n) is 4.87. The first kappa shape index (κ1) is 22.6. The van der Waals surface area contributed by atoms with Crippen molar-refractivity contribution in [2.45, 2.75) is 39.0 Å². The number of benzene rings is 2. The molecule has 0 saturated carbocycles. The van der Waals surface area contributed by atoms with Gasteiger partial charge in [-0.2, -0.15) is 4.37 Å². The molecule has 0 spiro atoms. The van der Waals surface area contributed by atoms with Crippen molar-refractivity contribution in [1.82, 2.24) is 13.6 Å². The Balaban J connectivity index is 0.000000143. The van der Waals surface area contributed by atoms with Gasteiger partial charge in [0.05, 0.1) is 18.3 Å². The second-order valence-electron chi connectivity index (χ2n) is 8.98. The van der Waals surface area contributed by atoms with Crippen LogP contribution >= 0.6 is 11.7 Å². The minimum absolute atomic E-state index is 0.668. The second kappa shape index (κ2) is 10.4. The van der Waals surface area contributed by atoms with Gasteiger partial charge in [-0.05, 0) is 77.8 Å². The molecule has 3 aliphatic rings. The maximum absolute atomic E-state index is 5.57. The van der Waals surface area contributed by atoms with Crippen molar-refractivity contribution in [1.29, 1.82) is 0 Å². The molecule has 0 N–H and O–H groups in total. The lowest BCUT2D eigenvalue weighted by molar-refractivity contribution is 0.306. The maximum Gasteiger partial charge on any atom is 0.253 e. The minimum atomic E-state index is 0.668. The Morgan fingerprint density at radius 3 is 2.79 bits per heavy atom. The summed E-state index contributed by atoms with van der Waals surface area (Å²) >= 11 is 1.20. The molecule has 0 bridgehead atoms. The maximum atomic E-state index is 5.57. The van der Waals surface area contributed by atoms with Crippen LogP contribution in [0.15, 0.2) is 60.8 Å². The zero-order valence-electron chi connectivity index (χ0n) is 20.0. The smallest absolute Gasteiger partial charge is 0.253 e. The van der Waals surface area contributed by atoms with Crippen LogP contribution in [-0.2, 0) is 19.3 Å². The molecule has 0 saturated heterocycles. The highest BCUT2D eigenvalue weighted by molar-refractivity contribution is 6.99. The van der Waals surface area contributed by atoms with Gasteiger partial charge in [-0.15, -0.1) is 4.37 Å². The lowest BCUT2D eigenvalue weighted by Gasteiger charge is -2.24. The monoisotopic (exact) mass is 469 g/mol. The van der Waals surface area contributed by atoms with E-state index in [1.165, 1.54) is 65.2 Å². The van der Waals surface area contributed by atoms with E-state index in [2.05, 4.69) is 75.2 Å². The summed E-state index contributed by atoms with van der Waals surface area (Å²) in [4.78, 5) is 2.11. The van der Waals surface area contributed by atoms with E-state index < -0.39 is 0 Å². The third-order valence-corrected chi connectivity index (χ3v) is 7.04. The Bertz CT molecular complexity index is 1250. The van der Waals surface area contributed by atoms with E-state index in [4.69, 9.17) is 4.74 Å². The third-order valence-electron chi connectivity index (χ3n) is 6.53. The van der Waals surface area contributed by atoms with Crippen molar-refractivity contribution in [3.63, 3.8) is 0 Å². The number of hydrogen-bond donors (Lipinski definition) is 0. The highest BCUT2D eigenvalue weighted by Gasteiger charge is 2.20. The van der Waals surface area contributed by atoms with Gasteiger partial charge in [0, 0.05) is 19.2 Å². The predicted molar refractivity (Wildman–Crippen MR) is 142 cm³/mol. The van der Waals surface area contributed by atoms with Crippen molar-refractivity contribution in [2.24, 2.45) is 0 Å². The minimum Gasteiger partial charge on any atom is -0.475 e. The van der Waals surface area contributed by atoms with Gasteiger partial charge in [0.2, 0.25) is 0 Å². The molecule has 0 fully saturated rings. The Kier molecular flexibility index (Phi) is 6.91. The first-order valence-corrected chi connectivity index (χ1v) is 12.9. The SMILES string of the molecule is C1=Cc2c(ccc3c2CCc2ccccc2-3)CC1.CCCOc1nsnc1C1=CC=CN(C)C1. The van der Waals surface area contributed by atoms with Gasteiger partial charge in [0.25, 0.3) is 5.88 Å². The molecule has 5 heteroatoms. The van der Waals surface area contributed by atoms with Gasteiger partial charge in [-0.1, -0.05) is 61.5 Å². The lowest BCUT2D eigenvalue weighted by atomic mass is 9.80. The first-order valence-electron chi connectivity index (χ1n) is 12.2. The molecule has 0 unspecified atom stereocenters. The molecule has 4 nitrogen and oxygen atoms in total. The van der Waals surface area contributed by atoms with Crippen LogP contribution in [0.3, 0.4) is 0 Å². The Morgan fingerprint density at radius 2 is 1.91 bits per heavy atom. The average molecular weight is 470 g/mol. The molecule has 6 rings (SSSR count). The molecule has 0 radical (unpaired) electrons. The molecule has 2 heterocycles. The number of aryl methyl sites for hydroxylation is 2. The normalized spacial score (nSPS) is 15.5. The van der Waals surface area contributed by atoms with Crippen molar-refractivity contribution in [3.8, 4) is 17.0 Å². The molecule has 3 aromatic rings. The molecule has 0 amide bonds. The van der Waals surface area contributed by atoms with E-state index >= 15 is 0 Å². The largest absolute Gasteiger partial charge is 0.475 e. The number of hydrogen-bond acceptors (Lipinski definition) is 5. The number of aromatic nitrogens is 2. The number of allylic oxidation sites excluding steroid dienone is 3. The van der Waals surface area contributed by atoms with E-state index in [1.54, 1.807) is 5.56 Å². The number of ether oxygens (including phenoxy) is 1. The van der Waals surface area contributed by atoms with Gasteiger partial charge in [-0.3, -0.25) is 0 Å². The molecule has 1 aromatic heterocycles. The van der Waals surface area contributed by atoms with Crippen molar-refractivity contribution in [2.75, 3.05) is 20.2 Å². The number of rotatable bonds is 4. The molecular weight excluding hydrogens is 438 g/mol. The van der Waals surface area contributed by atoms with E-state index in [-0.39, 0.29) is 0 Å². The summed E-state index contributed by atoms with van der Waals surface area (Å²) in [6, 6.07) is 13.5. The van der Waals surface area contributed by atoms with Crippen LogP contribution in [0.25, 0.3) is 22.8 Å². The van der Waals surface area contributed by atoms with Crippen LogP contribution in [0.5, 0.6) is 5.88 Å². The van der Waals surface area contributed by atoms with Gasteiger partial charge < -0.3 is 9.64 Å². The number of likely N-dealkylation sites (N-methyl/N-ethyl adjacent to an activating group) is 1. The van der Waals surface area contributed by atoms with E-state index in [9.17, 15) is 0 Å². The summed E-state index contributed by atoms with van der Waals surface area (Å²) in [7, 11) is 2.04. The molecule has 2 aliphatic carbocycles. The summed E-state index contributed by atoms with van der Waals surface area (Å²) in [5.41, 5.74) is 11.1. The van der Waals surface area contributed by atoms with Crippen molar-refractivity contribution >= 4 is 23.4 Å². The Morgan fingerprint density at radius 1 is 1.00 bits per heavy atom. The first-order chi connectivity index (χ1) is 16.7. The summed E-state index contributed by atoms with van der Waals surface area (Å²) < 4.78 is 14.1. The molecule has 1 aliphatic heterocycles. The molecule has 174 valence electrons. The van der Waals surface area contributed by atoms with E-state index in [1.807, 2.05) is 19.3 Å². The lowest BCUT2D eigenvalue weighted by Crippen LogP contribution is -2.16. The Labute approximate surface area is 206 Å². The molecule has 0 atom stereocenters. The Hall–Kier alpha value is -3.18. The van der Waals surface area contributed by atoms with Crippen molar-refractivity contribution in [3.05, 3.63) is 88.8 Å². The van der Waals surface area contributed by atoms with E-state index in [0.29, 0.717) is 12.5 Å². The van der Waals surface area contributed by atoms with Gasteiger partial charge in [-0.25, -0.2) is 0 Å².